The van der Waals surface area contributed by atoms with Crippen molar-refractivity contribution < 1.29 is 9.47 Å². The van der Waals surface area contributed by atoms with Crippen LogP contribution in [0, 0.1) is 0 Å². The SMILES string of the molecule is CCCCCCC=C[C@H]1OC(c2ccccc2)OC[C@@H]1N=[N+]=[N-]. The van der Waals surface area contributed by atoms with Gasteiger partial charge in [-0.3, -0.25) is 0 Å². The van der Waals surface area contributed by atoms with E-state index in [-0.39, 0.29) is 12.1 Å². The van der Waals surface area contributed by atoms with Gasteiger partial charge in [-0.25, -0.2) is 0 Å². The van der Waals surface area contributed by atoms with E-state index in [9.17, 15) is 0 Å². The molecule has 0 aliphatic carbocycles. The van der Waals surface area contributed by atoms with E-state index in [1.54, 1.807) is 0 Å². The summed E-state index contributed by atoms with van der Waals surface area (Å²) in [4.78, 5) is 2.91. The minimum atomic E-state index is -0.406. The highest BCUT2D eigenvalue weighted by molar-refractivity contribution is 5.17. The van der Waals surface area contributed by atoms with E-state index in [0.717, 1.165) is 12.0 Å². The number of rotatable bonds is 8. The Morgan fingerprint density at radius 1 is 1.26 bits per heavy atom. The van der Waals surface area contributed by atoms with Gasteiger partial charge in [-0.15, -0.1) is 0 Å². The lowest BCUT2D eigenvalue weighted by atomic mass is 10.1. The quantitative estimate of drug-likeness (QED) is 0.214. The van der Waals surface area contributed by atoms with Crippen LogP contribution in [0.25, 0.3) is 10.4 Å². The molecule has 1 unspecified atom stereocenters. The van der Waals surface area contributed by atoms with Gasteiger partial charge in [-0.2, -0.15) is 0 Å². The van der Waals surface area contributed by atoms with Crippen molar-refractivity contribution >= 4 is 0 Å². The van der Waals surface area contributed by atoms with E-state index in [4.69, 9.17) is 15.0 Å². The Balaban J connectivity index is 1.94. The van der Waals surface area contributed by atoms with E-state index >= 15 is 0 Å². The summed E-state index contributed by atoms with van der Waals surface area (Å²) in [6.07, 6.45) is 9.48. The van der Waals surface area contributed by atoms with Crippen molar-refractivity contribution in [3.8, 4) is 0 Å². The number of hydrogen-bond acceptors (Lipinski definition) is 3. The van der Waals surface area contributed by atoms with Crippen LogP contribution >= 0.6 is 0 Å². The molecule has 1 fully saturated rings. The van der Waals surface area contributed by atoms with Crippen LogP contribution in [0.3, 0.4) is 0 Å². The zero-order chi connectivity index (χ0) is 16.3. The number of azide groups is 1. The fourth-order valence-electron chi connectivity index (χ4n) is 2.60. The van der Waals surface area contributed by atoms with Gasteiger partial charge in [0.25, 0.3) is 0 Å². The van der Waals surface area contributed by atoms with Crippen molar-refractivity contribution in [2.75, 3.05) is 6.61 Å². The molecule has 1 aliphatic rings. The predicted octanol–water partition coefficient (Wildman–Crippen LogP) is 5.31. The summed E-state index contributed by atoms with van der Waals surface area (Å²) in [6, 6.07) is 9.52. The number of unbranched alkanes of at least 4 members (excludes halogenated alkanes) is 4. The van der Waals surface area contributed by atoms with Gasteiger partial charge in [-0.05, 0) is 18.4 Å². The van der Waals surface area contributed by atoms with Crippen molar-refractivity contribution in [3.63, 3.8) is 0 Å². The minimum absolute atomic E-state index is 0.240. The minimum Gasteiger partial charge on any atom is -0.348 e. The van der Waals surface area contributed by atoms with Gasteiger partial charge >= 0.3 is 0 Å². The maximum Gasteiger partial charge on any atom is 0.184 e. The highest BCUT2D eigenvalue weighted by Crippen LogP contribution is 2.28. The largest absolute Gasteiger partial charge is 0.348 e. The molecular weight excluding hydrogens is 290 g/mol. The number of benzene rings is 1. The Morgan fingerprint density at radius 3 is 2.83 bits per heavy atom. The van der Waals surface area contributed by atoms with Crippen LogP contribution in [0.5, 0.6) is 0 Å². The monoisotopic (exact) mass is 315 g/mol. The topological polar surface area (TPSA) is 67.2 Å². The maximum absolute atomic E-state index is 8.71. The molecule has 1 aromatic carbocycles. The van der Waals surface area contributed by atoms with Gasteiger partial charge in [0, 0.05) is 10.5 Å². The molecule has 1 heterocycles. The Morgan fingerprint density at radius 2 is 2.09 bits per heavy atom. The summed E-state index contributed by atoms with van der Waals surface area (Å²) in [5.74, 6) is 0. The molecule has 1 saturated heterocycles. The van der Waals surface area contributed by atoms with Crippen molar-refractivity contribution in [2.45, 2.75) is 57.5 Å². The van der Waals surface area contributed by atoms with Crippen LogP contribution in [0.15, 0.2) is 47.6 Å². The van der Waals surface area contributed by atoms with Crippen molar-refractivity contribution in [2.24, 2.45) is 5.11 Å². The third kappa shape index (κ3) is 5.71. The predicted molar refractivity (Wildman–Crippen MR) is 90.8 cm³/mol. The highest BCUT2D eigenvalue weighted by atomic mass is 16.7. The van der Waals surface area contributed by atoms with Crippen molar-refractivity contribution in [3.05, 3.63) is 58.5 Å². The summed E-state index contributed by atoms with van der Waals surface area (Å²) < 4.78 is 11.7. The molecule has 0 aromatic heterocycles. The Labute approximate surface area is 137 Å². The van der Waals surface area contributed by atoms with Crippen LogP contribution in [-0.2, 0) is 9.47 Å². The lowest BCUT2D eigenvalue weighted by Gasteiger charge is -2.33. The van der Waals surface area contributed by atoms with Crippen molar-refractivity contribution in [1.82, 2.24) is 0 Å². The standard InChI is InChI=1S/C18H25N3O2/c1-2-3-4-5-6-10-13-17-16(20-21-19)14-22-18(23-17)15-11-8-7-9-12-15/h7-13,16-18H,2-6,14H2,1H3/t16-,17+,18?/m0/s1. The highest BCUT2D eigenvalue weighted by Gasteiger charge is 2.30. The Bertz CT molecular complexity index is 526. The van der Waals surface area contributed by atoms with Crippen LogP contribution in [0.4, 0.5) is 0 Å². The van der Waals surface area contributed by atoms with Crippen LogP contribution in [-0.4, -0.2) is 18.8 Å². The van der Waals surface area contributed by atoms with Gasteiger partial charge in [-0.1, -0.05) is 73.8 Å². The first kappa shape index (κ1) is 17.5. The number of ether oxygens (including phenoxy) is 2. The molecule has 3 atom stereocenters. The second-order valence-electron chi connectivity index (χ2n) is 5.73. The zero-order valence-electron chi connectivity index (χ0n) is 13.7. The van der Waals surface area contributed by atoms with Gasteiger partial charge < -0.3 is 9.47 Å². The van der Waals surface area contributed by atoms with Crippen molar-refractivity contribution in [1.29, 1.82) is 0 Å². The third-order valence-corrected chi connectivity index (χ3v) is 3.90. The smallest absolute Gasteiger partial charge is 0.184 e. The lowest BCUT2D eigenvalue weighted by Crippen LogP contribution is -2.37. The third-order valence-electron chi connectivity index (χ3n) is 3.90. The van der Waals surface area contributed by atoms with Crippen LogP contribution in [0.1, 0.15) is 50.9 Å². The summed E-state index contributed by atoms with van der Waals surface area (Å²) in [5.41, 5.74) is 9.69. The molecule has 124 valence electrons. The second kappa shape index (κ2) is 10.1. The average Bonchev–Trinajstić information content (AvgIpc) is 2.60. The molecule has 5 nitrogen and oxygen atoms in total. The molecule has 23 heavy (non-hydrogen) atoms. The molecular formula is C18H25N3O2. The molecule has 2 rings (SSSR count). The lowest BCUT2D eigenvalue weighted by molar-refractivity contribution is -0.212. The first-order valence-corrected chi connectivity index (χ1v) is 8.38. The van der Waals surface area contributed by atoms with Crippen LogP contribution < -0.4 is 0 Å². The van der Waals surface area contributed by atoms with Gasteiger partial charge in [0.2, 0.25) is 0 Å². The first-order valence-electron chi connectivity index (χ1n) is 8.38. The molecule has 0 N–H and O–H groups in total. The fourth-order valence-corrected chi connectivity index (χ4v) is 2.60. The average molecular weight is 315 g/mol. The summed E-state index contributed by atoms with van der Waals surface area (Å²) in [7, 11) is 0. The van der Waals surface area contributed by atoms with E-state index in [1.807, 2.05) is 36.4 Å². The fraction of sp³-hybridized carbons (Fsp3) is 0.556. The normalized spacial score (nSPS) is 24.5. The van der Waals surface area contributed by atoms with E-state index < -0.39 is 6.29 Å². The van der Waals surface area contributed by atoms with E-state index in [0.29, 0.717) is 6.61 Å². The van der Waals surface area contributed by atoms with Gasteiger partial charge in [0.15, 0.2) is 6.29 Å². The van der Waals surface area contributed by atoms with E-state index in [1.165, 1.54) is 25.7 Å². The molecule has 0 saturated carbocycles. The molecule has 1 aliphatic heterocycles. The molecule has 0 spiro atoms. The Kier molecular flexibility index (Phi) is 7.67. The number of nitrogens with zero attached hydrogens (tertiary/aromatic N) is 3. The Hall–Kier alpha value is -1.81. The van der Waals surface area contributed by atoms with Gasteiger partial charge in [0.05, 0.1) is 18.8 Å². The molecule has 5 heteroatoms. The van der Waals surface area contributed by atoms with Gasteiger partial charge in [0.1, 0.15) is 0 Å². The molecule has 0 bridgehead atoms. The number of allylic oxidation sites excluding steroid dienone is 1. The summed E-state index contributed by atoms with van der Waals surface area (Å²) in [6.45, 7) is 2.58. The molecule has 0 amide bonds. The zero-order valence-corrected chi connectivity index (χ0v) is 13.7. The summed E-state index contributed by atoms with van der Waals surface area (Å²) in [5, 5.41) is 3.80. The molecule has 1 aromatic rings. The number of hydrogen-bond donors (Lipinski definition) is 0. The maximum atomic E-state index is 8.71. The van der Waals surface area contributed by atoms with Crippen LogP contribution in [0.2, 0.25) is 0 Å². The summed E-state index contributed by atoms with van der Waals surface area (Å²) >= 11 is 0. The second-order valence-corrected chi connectivity index (χ2v) is 5.73. The molecule has 0 radical (unpaired) electrons. The van der Waals surface area contributed by atoms with E-state index in [2.05, 4.69) is 23.0 Å². The first-order chi connectivity index (χ1) is 11.3.